The van der Waals surface area contributed by atoms with E-state index in [-0.39, 0.29) is 6.61 Å². The van der Waals surface area contributed by atoms with Crippen LogP contribution in [0.5, 0.6) is 5.75 Å². The van der Waals surface area contributed by atoms with Gasteiger partial charge in [-0.2, -0.15) is 0 Å². The van der Waals surface area contributed by atoms with E-state index in [1.165, 1.54) is 16.7 Å². The predicted molar refractivity (Wildman–Crippen MR) is 90.0 cm³/mol. The van der Waals surface area contributed by atoms with Crippen molar-refractivity contribution in [3.63, 3.8) is 0 Å². The molecule has 2 aromatic rings. The smallest absolute Gasteiger partial charge is 0.119 e. The highest BCUT2D eigenvalue weighted by Crippen LogP contribution is 2.14. The minimum Gasteiger partial charge on any atom is -0.489 e. The summed E-state index contributed by atoms with van der Waals surface area (Å²) in [5.74, 6) is 0.894. The molecule has 0 aliphatic carbocycles. The monoisotopic (exact) mass is 299 g/mol. The van der Waals surface area contributed by atoms with Crippen LogP contribution in [0.4, 0.5) is 0 Å². The van der Waals surface area contributed by atoms with Gasteiger partial charge >= 0.3 is 0 Å². The van der Waals surface area contributed by atoms with Crippen molar-refractivity contribution in [3.8, 4) is 5.75 Å². The van der Waals surface area contributed by atoms with E-state index in [0.717, 1.165) is 31.7 Å². The van der Waals surface area contributed by atoms with Gasteiger partial charge in [0.05, 0.1) is 0 Å². The Morgan fingerprint density at radius 1 is 1.00 bits per heavy atom. The molecular weight excluding hydrogens is 274 g/mol. The first kappa shape index (κ1) is 16.5. The normalized spacial score (nSPS) is 10.6. The number of nitrogens with one attached hydrogen (secondary N) is 1. The van der Waals surface area contributed by atoms with Crippen LogP contribution in [0.3, 0.4) is 0 Å². The van der Waals surface area contributed by atoms with Crippen molar-refractivity contribution in [2.75, 3.05) is 13.2 Å². The van der Waals surface area contributed by atoms with Gasteiger partial charge in [0.1, 0.15) is 12.4 Å². The number of unbranched alkanes of at least 4 members (excludes halogenated alkanes) is 1. The summed E-state index contributed by atoms with van der Waals surface area (Å²) in [4.78, 5) is 0. The van der Waals surface area contributed by atoms with E-state index in [0.29, 0.717) is 6.61 Å². The van der Waals surface area contributed by atoms with Crippen molar-refractivity contribution < 1.29 is 9.84 Å². The molecule has 0 aliphatic heterocycles. The molecule has 2 N–H and O–H groups in total. The van der Waals surface area contributed by atoms with Gasteiger partial charge in [-0.15, -0.1) is 0 Å². The van der Waals surface area contributed by atoms with Crippen LogP contribution >= 0.6 is 0 Å². The summed E-state index contributed by atoms with van der Waals surface area (Å²) in [6.45, 7) is 4.75. The van der Waals surface area contributed by atoms with Crippen LogP contribution < -0.4 is 10.1 Å². The zero-order valence-electron chi connectivity index (χ0n) is 13.2. The summed E-state index contributed by atoms with van der Waals surface area (Å²) in [6, 6.07) is 16.6. The van der Waals surface area contributed by atoms with Gasteiger partial charge in [-0.3, -0.25) is 0 Å². The maximum Gasteiger partial charge on any atom is 0.119 e. The lowest BCUT2D eigenvalue weighted by atomic mass is 10.1. The molecule has 0 fully saturated rings. The minimum atomic E-state index is 0.272. The van der Waals surface area contributed by atoms with Crippen LogP contribution in [-0.2, 0) is 13.2 Å². The molecule has 0 atom stereocenters. The zero-order chi connectivity index (χ0) is 15.6. The lowest BCUT2D eigenvalue weighted by molar-refractivity contribution is 0.283. The van der Waals surface area contributed by atoms with E-state index in [9.17, 15) is 0 Å². The van der Waals surface area contributed by atoms with E-state index in [4.69, 9.17) is 9.84 Å². The second kappa shape index (κ2) is 9.23. The van der Waals surface area contributed by atoms with Crippen molar-refractivity contribution in [2.45, 2.75) is 32.9 Å². The van der Waals surface area contributed by atoms with Gasteiger partial charge in [-0.05, 0) is 49.6 Å². The summed E-state index contributed by atoms with van der Waals surface area (Å²) < 4.78 is 5.81. The van der Waals surface area contributed by atoms with E-state index in [1.807, 2.05) is 12.1 Å². The van der Waals surface area contributed by atoms with Crippen LogP contribution in [0.1, 0.15) is 29.5 Å². The van der Waals surface area contributed by atoms with E-state index >= 15 is 0 Å². The van der Waals surface area contributed by atoms with Crippen molar-refractivity contribution in [2.24, 2.45) is 0 Å². The Bertz CT molecular complexity index is 552. The molecule has 118 valence electrons. The largest absolute Gasteiger partial charge is 0.489 e. The Morgan fingerprint density at radius 2 is 1.82 bits per heavy atom. The Morgan fingerprint density at radius 3 is 2.55 bits per heavy atom. The van der Waals surface area contributed by atoms with Crippen molar-refractivity contribution in [1.82, 2.24) is 5.32 Å². The Labute approximate surface area is 133 Å². The van der Waals surface area contributed by atoms with Crippen LogP contribution in [0.15, 0.2) is 48.5 Å². The third kappa shape index (κ3) is 5.88. The second-order valence-electron chi connectivity index (χ2n) is 5.53. The molecule has 3 nitrogen and oxygen atoms in total. The molecule has 0 aromatic heterocycles. The van der Waals surface area contributed by atoms with Crippen LogP contribution in [0.25, 0.3) is 0 Å². The Kier molecular flexibility index (Phi) is 6.94. The number of aryl methyl sites for hydroxylation is 1. The fourth-order valence-corrected chi connectivity index (χ4v) is 2.27. The second-order valence-corrected chi connectivity index (χ2v) is 5.53. The summed E-state index contributed by atoms with van der Waals surface area (Å²) in [5, 5.41) is 12.1. The average Bonchev–Trinajstić information content (AvgIpc) is 2.54. The van der Waals surface area contributed by atoms with Gasteiger partial charge in [0.2, 0.25) is 0 Å². The predicted octanol–water partition coefficient (Wildman–Crippen LogP) is 3.44. The highest BCUT2D eigenvalue weighted by Gasteiger charge is 1.98. The summed E-state index contributed by atoms with van der Waals surface area (Å²) in [6.07, 6.45) is 1.87. The first-order valence-corrected chi connectivity index (χ1v) is 7.87. The number of rotatable bonds is 9. The number of hydrogen-bond donors (Lipinski definition) is 2. The highest BCUT2D eigenvalue weighted by molar-refractivity contribution is 5.28. The molecule has 0 spiro atoms. The lowest BCUT2D eigenvalue weighted by Gasteiger charge is -2.08. The lowest BCUT2D eigenvalue weighted by Crippen LogP contribution is -2.14. The first-order valence-electron chi connectivity index (χ1n) is 7.87. The minimum absolute atomic E-state index is 0.272. The van der Waals surface area contributed by atoms with Gasteiger partial charge in [-0.25, -0.2) is 0 Å². The summed E-state index contributed by atoms with van der Waals surface area (Å²) in [5.41, 5.74) is 3.69. The molecular formula is C19H25NO2. The number of benzene rings is 2. The molecule has 22 heavy (non-hydrogen) atoms. The van der Waals surface area contributed by atoms with Crippen molar-refractivity contribution >= 4 is 0 Å². The molecule has 0 amide bonds. The summed E-state index contributed by atoms with van der Waals surface area (Å²) in [7, 11) is 0. The SMILES string of the molecule is Cc1cccc(COc2ccc(CNCCCCO)cc2)c1. The molecule has 0 heterocycles. The first-order chi connectivity index (χ1) is 10.8. The molecule has 0 saturated heterocycles. The highest BCUT2D eigenvalue weighted by atomic mass is 16.5. The fraction of sp³-hybridized carbons (Fsp3) is 0.368. The average molecular weight is 299 g/mol. The maximum atomic E-state index is 8.72. The quantitative estimate of drug-likeness (QED) is 0.697. The van der Waals surface area contributed by atoms with E-state index < -0.39 is 0 Å². The van der Waals surface area contributed by atoms with Gasteiger partial charge < -0.3 is 15.2 Å². The van der Waals surface area contributed by atoms with Gasteiger partial charge in [-0.1, -0.05) is 42.0 Å². The number of aliphatic hydroxyl groups is 1. The Balaban J connectivity index is 1.74. The number of ether oxygens (including phenoxy) is 1. The molecule has 0 bridgehead atoms. The zero-order valence-corrected chi connectivity index (χ0v) is 13.2. The standard InChI is InChI=1S/C19H25NO2/c1-16-5-4-6-18(13-16)15-22-19-9-7-17(8-10-19)14-20-11-2-3-12-21/h4-10,13,20-21H,2-3,11-12,14-15H2,1H3. The third-order valence-corrected chi connectivity index (χ3v) is 3.50. The number of aliphatic hydroxyl groups excluding tert-OH is 1. The van der Waals surface area contributed by atoms with Crippen LogP contribution in [-0.4, -0.2) is 18.3 Å². The van der Waals surface area contributed by atoms with Gasteiger partial charge in [0, 0.05) is 13.2 Å². The Hall–Kier alpha value is -1.84. The maximum absolute atomic E-state index is 8.72. The van der Waals surface area contributed by atoms with Crippen molar-refractivity contribution in [1.29, 1.82) is 0 Å². The van der Waals surface area contributed by atoms with E-state index in [1.54, 1.807) is 0 Å². The van der Waals surface area contributed by atoms with Crippen molar-refractivity contribution in [3.05, 3.63) is 65.2 Å². The molecule has 2 aromatic carbocycles. The van der Waals surface area contributed by atoms with E-state index in [2.05, 4.69) is 48.6 Å². The topological polar surface area (TPSA) is 41.5 Å². The summed E-state index contributed by atoms with van der Waals surface area (Å²) >= 11 is 0. The van der Waals surface area contributed by atoms with Crippen LogP contribution in [0.2, 0.25) is 0 Å². The molecule has 3 heteroatoms. The molecule has 0 saturated carbocycles. The molecule has 2 rings (SSSR count). The molecule has 0 aliphatic rings. The molecule has 0 radical (unpaired) electrons. The molecule has 0 unspecified atom stereocenters. The fourth-order valence-electron chi connectivity index (χ4n) is 2.27. The third-order valence-electron chi connectivity index (χ3n) is 3.50. The number of hydrogen-bond acceptors (Lipinski definition) is 3. The van der Waals surface area contributed by atoms with Gasteiger partial charge in [0.15, 0.2) is 0 Å². The van der Waals surface area contributed by atoms with Gasteiger partial charge in [0.25, 0.3) is 0 Å². The van der Waals surface area contributed by atoms with Crippen LogP contribution in [0, 0.1) is 6.92 Å².